The maximum Gasteiger partial charge on any atom is 0.342 e. The second-order valence-electron chi connectivity index (χ2n) is 11.0. The van der Waals surface area contributed by atoms with Crippen molar-refractivity contribution in [1.82, 2.24) is 5.32 Å². The van der Waals surface area contributed by atoms with Gasteiger partial charge < -0.3 is 40.2 Å². The molecule has 244 valence electrons. The number of methoxy groups -OCH3 is 3. The topological polar surface area (TPSA) is 184 Å². The molecule has 2 aromatic carbocycles. The van der Waals surface area contributed by atoms with E-state index in [0.717, 1.165) is 0 Å². The van der Waals surface area contributed by atoms with Crippen LogP contribution >= 0.6 is 0 Å². The van der Waals surface area contributed by atoms with Gasteiger partial charge in [-0.3, -0.25) is 14.4 Å². The van der Waals surface area contributed by atoms with E-state index < -0.39 is 47.3 Å². The maximum absolute atomic E-state index is 13.6. The van der Waals surface area contributed by atoms with E-state index in [1.54, 1.807) is 31.2 Å². The van der Waals surface area contributed by atoms with Gasteiger partial charge in [-0.05, 0) is 68.9 Å². The molecule has 0 saturated heterocycles. The van der Waals surface area contributed by atoms with Crippen LogP contribution in [0.25, 0.3) is 6.08 Å². The Morgan fingerprint density at radius 3 is 2.29 bits per heavy atom. The van der Waals surface area contributed by atoms with Crippen LogP contribution < -0.4 is 25.3 Å². The Balaban J connectivity index is 2.25. The SMILES string of the molecule is COc1cc(C(CC(=O)N[C@@H](C)C(N)=O)c2c(O)cc3c(c2O)C(=O)O[C@@H](C)CCCC(=O)CCCC=C3)cc(OC)c1OC. The average Bonchev–Trinajstić information content (AvgIpc) is 2.98. The van der Waals surface area contributed by atoms with E-state index in [1.807, 2.05) is 0 Å². The monoisotopic (exact) mass is 626 g/mol. The van der Waals surface area contributed by atoms with Gasteiger partial charge in [-0.2, -0.15) is 0 Å². The summed E-state index contributed by atoms with van der Waals surface area (Å²) in [6.45, 7) is 3.13. The lowest BCUT2D eigenvalue weighted by Gasteiger charge is -2.25. The van der Waals surface area contributed by atoms with Crippen molar-refractivity contribution in [2.24, 2.45) is 5.73 Å². The molecule has 1 heterocycles. The number of fused-ring (bicyclic) bond motifs is 1. The highest BCUT2D eigenvalue weighted by atomic mass is 16.5. The summed E-state index contributed by atoms with van der Waals surface area (Å²) in [6, 6.07) is 3.44. The number of aromatic hydroxyl groups is 2. The number of amides is 2. The normalized spacial score (nSPS) is 17.2. The molecule has 2 amide bonds. The fraction of sp³-hybridized carbons (Fsp3) is 0.455. The predicted molar refractivity (Wildman–Crippen MR) is 166 cm³/mol. The Labute approximate surface area is 262 Å². The van der Waals surface area contributed by atoms with Crippen molar-refractivity contribution in [3.8, 4) is 28.7 Å². The summed E-state index contributed by atoms with van der Waals surface area (Å²) in [5.41, 5.74) is 5.58. The smallest absolute Gasteiger partial charge is 0.342 e. The van der Waals surface area contributed by atoms with Gasteiger partial charge in [0.1, 0.15) is 28.9 Å². The fourth-order valence-corrected chi connectivity index (χ4v) is 5.27. The van der Waals surface area contributed by atoms with E-state index in [9.17, 15) is 29.4 Å². The van der Waals surface area contributed by atoms with E-state index >= 15 is 0 Å². The van der Waals surface area contributed by atoms with Gasteiger partial charge in [-0.25, -0.2) is 4.79 Å². The highest BCUT2D eigenvalue weighted by Crippen LogP contribution is 2.47. The Kier molecular flexibility index (Phi) is 12.2. The van der Waals surface area contributed by atoms with E-state index in [4.69, 9.17) is 24.7 Å². The number of rotatable bonds is 9. The summed E-state index contributed by atoms with van der Waals surface area (Å²) >= 11 is 0. The number of esters is 1. The summed E-state index contributed by atoms with van der Waals surface area (Å²) < 4.78 is 22.1. The number of nitrogens with one attached hydrogen (secondary N) is 1. The largest absolute Gasteiger partial charge is 0.507 e. The molecule has 0 fully saturated rings. The second kappa shape index (κ2) is 15.8. The molecule has 3 rings (SSSR count). The molecule has 0 bridgehead atoms. The number of nitrogens with two attached hydrogens (primary N) is 1. The molecular formula is C33H42N2O10. The van der Waals surface area contributed by atoms with E-state index in [2.05, 4.69) is 5.32 Å². The second-order valence-corrected chi connectivity index (χ2v) is 11.0. The number of carbonyl (C=O) groups is 4. The van der Waals surface area contributed by atoms with Crippen molar-refractivity contribution in [3.05, 3.63) is 46.5 Å². The van der Waals surface area contributed by atoms with Crippen LogP contribution in [0.1, 0.15) is 91.8 Å². The molecule has 0 saturated carbocycles. The molecule has 45 heavy (non-hydrogen) atoms. The van der Waals surface area contributed by atoms with Crippen LogP contribution in [-0.2, 0) is 19.1 Å². The van der Waals surface area contributed by atoms with Crippen molar-refractivity contribution >= 4 is 29.6 Å². The van der Waals surface area contributed by atoms with Crippen molar-refractivity contribution in [2.45, 2.75) is 76.9 Å². The molecule has 3 atom stereocenters. The van der Waals surface area contributed by atoms with Gasteiger partial charge in [0.05, 0.1) is 27.4 Å². The first kappa shape index (κ1) is 34.7. The van der Waals surface area contributed by atoms with Crippen LogP contribution in [0, 0.1) is 0 Å². The van der Waals surface area contributed by atoms with E-state index in [1.165, 1.54) is 34.3 Å². The molecule has 1 unspecified atom stereocenters. The Hall–Kier alpha value is -4.74. The third-order valence-corrected chi connectivity index (χ3v) is 7.68. The molecule has 5 N–H and O–H groups in total. The zero-order valence-corrected chi connectivity index (χ0v) is 26.3. The predicted octanol–water partition coefficient (Wildman–Crippen LogP) is 4.12. The minimum Gasteiger partial charge on any atom is -0.507 e. The number of allylic oxidation sites excluding steroid dienone is 1. The highest BCUT2D eigenvalue weighted by Gasteiger charge is 2.32. The molecule has 0 aliphatic carbocycles. The number of hydrogen-bond acceptors (Lipinski definition) is 10. The summed E-state index contributed by atoms with van der Waals surface area (Å²) in [5.74, 6) is -3.36. The molecule has 12 nitrogen and oxygen atoms in total. The number of Topliss-reactive ketones (excluding diaryl/α,β-unsaturated/α-hetero) is 1. The first-order valence-electron chi connectivity index (χ1n) is 14.8. The Bertz CT molecular complexity index is 1430. The highest BCUT2D eigenvalue weighted by molar-refractivity contribution is 5.98. The Morgan fingerprint density at radius 2 is 1.69 bits per heavy atom. The Morgan fingerprint density at radius 1 is 1.04 bits per heavy atom. The molecule has 12 heteroatoms. The summed E-state index contributed by atoms with van der Waals surface area (Å²) in [6.07, 6.45) is 5.34. The maximum atomic E-state index is 13.6. The molecule has 1 aliphatic heterocycles. The molecule has 1 aliphatic rings. The number of benzene rings is 2. The zero-order valence-electron chi connectivity index (χ0n) is 26.3. The molecule has 0 spiro atoms. The third kappa shape index (κ3) is 8.68. The third-order valence-electron chi connectivity index (χ3n) is 7.68. The zero-order chi connectivity index (χ0) is 33.3. The van der Waals surface area contributed by atoms with Gasteiger partial charge in [0.25, 0.3) is 0 Å². The van der Waals surface area contributed by atoms with Gasteiger partial charge in [-0.15, -0.1) is 0 Å². The van der Waals surface area contributed by atoms with Crippen molar-refractivity contribution in [3.63, 3.8) is 0 Å². The summed E-state index contributed by atoms with van der Waals surface area (Å²) in [7, 11) is 4.26. The van der Waals surface area contributed by atoms with Crippen LogP contribution in [-0.4, -0.2) is 67.3 Å². The quantitative estimate of drug-likeness (QED) is 0.295. The number of phenolic OH excluding ortho intramolecular Hbond substituents is 2. The number of primary amides is 1. The minimum atomic E-state index is -1.09. The average molecular weight is 627 g/mol. The number of ketones is 1. The van der Waals surface area contributed by atoms with Crippen LogP contribution in [0.4, 0.5) is 0 Å². The van der Waals surface area contributed by atoms with Crippen LogP contribution in [0.15, 0.2) is 24.3 Å². The van der Waals surface area contributed by atoms with Crippen LogP contribution in [0.3, 0.4) is 0 Å². The van der Waals surface area contributed by atoms with Gasteiger partial charge in [0.15, 0.2) is 11.5 Å². The number of carbonyl (C=O) groups excluding carboxylic acids is 4. The molecular weight excluding hydrogens is 584 g/mol. The van der Waals surface area contributed by atoms with Crippen molar-refractivity contribution in [2.75, 3.05) is 21.3 Å². The van der Waals surface area contributed by atoms with Crippen LogP contribution in [0.5, 0.6) is 28.7 Å². The minimum absolute atomic E-state index is 0.130. The lowest BCUT2D eigenvalue weighted by atomic mass is 9.84. The van der Waals surface area contributed by atoms with Crippen molar-refractivity contribution in [1.29, 1.82) is 0 Å². The first-order valence-corrected chi connectivity index (χ1v) is 14.8. The molecule has 2 aromatic rings. The number of hydrogen-bond donors (Lipinski definition) is 4. The molecule has 0 aromatic heterocycles. The summed E-state index contributed by atoms with van der Waals surface area (Å²) in [5, 5.41) is 25.6. The fourth-order valence-electron chi connectivity index (χ4n) is 5.27. The van der Waals surface area contributed by atoms with E-state index in [0.29, 0.717) is 44.1 Å². The van der Waals surface area contributed by atoms with E-state index in [-0.39, 0.29) is 46.1 Å². The number of phenols is 2. The standard InChI is InChI=1S/C33H42N2O10/c1-18-10-9-13-22(36)12-8-6-7-11-20-14-24(37)29(30(39)28(20)33(41)45-18)23(17-27(38)35-19(2)32(34)40)21-15-25(42-3)31(44-5)26(16-21)43-4/h7,11,14-16,18-19,23,37,39H,6,8-10,12-13,17H2,1-5H3,(H2,34,40)(H,35,38)/t18-,19-,23?/m0/s1. The van der Waals surface area contributed by atoms with Gasteiger partial charge in [-0.1, -0.05) is 12.2 Å². The van der Waals surface area contributed by atoms with Gasteiger partial charge >= 0.3 is 5.97 Å². The number of cyclic esters (lactones) is 1. The summed E-state index contributed by atoms with van der Waals surface area (Å²) in [4.78, 5) is 50.6. The first-order chi connectivity index (χ1) is 21.4. The van der Waals surface area contributed by atoms with Gasteiger partial charge in [0, 0.05) is 30.7 Å². The van der Waals surface area contributed by atoms with Crippen molar-refractivity contribution < 1.29 is 48.3 Å². The van der Waals surface area contributed by atoms with Crippen LogP contribution in [0.2, 0.25) is 0 Å². The number of ether oxygens (including phenoxy) is 4. The lowest BCUT2D eigenvalue weighted by Crippen LogP contribution is -2.42. The molecule has 0 radical (unpaired) electrons. The lowest BCUT2D eigenvalue weighted by molar-refractivity contribution is -0.127. The van der Waals surface area contributed by atoms with Gasteiger partial charge in [0.2, 0.25) is 17.6 Å².